The maximum absolute atomic E-state index is 9.68. The molecule has 3 nitrogen and oxygen atoms in total. The molecular weight excluding hydrogens is 152 g/mol. The average Bonchev–Trinajstić information content (AvgIpc) is 2.03. The van der Waals surface area contributed by atoms with Crippen molar-refractivity contribution >= 4 is 0 Å². The lowest BCUT2D eigenvalue weighted by Crippen LogP contribution is -2.48. The van der Waals surface area contributed by atoms with Crippen LogP contribution in [-0.4, -0.2) is 23.3 Å². The molecule has 2 N–H and O–H groups in total. The van der Waals surface area contributed by atoms with Crippen molar-refractivity contribution in [3.63, 3.8) is 0 Å². The third kappa shape index (κ3) is 2.20. The van der Waals surface area contributed by atoms with Crippen LogP contribution in [0.3, 0.4) is 0 Å². The molecule has 68 valence electrons. The Balaban J connectivity index is 2.20. The summed E-state index contributed by atoms with van der Waals surface area (Å²) in [5.41, 5.74) is -0.510. The van der Waals surface area contributed by atoms with Gasteiger partial charge in [0.15, 0.2) is 0 Å². The predicted octanol–water partition coefficient (Wildman–Crippen LogP) is 0.793. The van der Waals surface area contributed by atoms with Crippen molar-refractivity contribution < 1.29 is 5.11 Å². The molecular formula is C9H16N2O. The van der Waals surface area contributed by atoms with E-state index < -0.39 is 5.60 Å². The van der Waals surface area contributed by atoms with Gasteiger partial charge in [0.05, 0.1) is 17.7 Å². The van der Waals surface area contributed by atoms with E-state index >= 15 is 0 Å². The Morgan fingerprint density at radius 2 is 2.33 bits per heavy atom. The summed E-state index contributed by atoms with van der Waals surface area (Å²) in [6.45, 7) is 2.53. The molecule has 0 bridgehead atoms. The van der Waals surface area contributed by atoms with E-state index in [1.54, 1.807) is 0 Å². The van der Waals surface area contributed by atoms with Gasteiger partial charge in [-0.25, -0.2) is 0 Å². The lowest BCUT2D eigenvalue weighted by atomic mass is 9.80. The second-order valence-electron chi connectivity index (χ2n) is 3.55. The summed E-state index contributed by atoms with van der Waals surface area (Å²) < 4.78 is 0. The summed E-state index contributed by atoms with van der Waals surface area (Å²) in [4.78, 5) is 0. The molecule has 0 aromatic carbocycles. The van der Waals surface area contributed by atoms with Gasteiger partial charge in [-0.3, -0.25) is 5.32 Å². The number of nitrogens with one attached hydrogen (secondary N) is 1. The van der Waals surface area contributed by atoms with Crippen LogP contribution >= 0.6 is 0 Å². The molecule has 1 saturated carbocycles. The van der Waals surface area contributed by atoms with E-state index in [9.17, 15) is 5.11 Å². The topological polar surface area (TPSA) is 56.0 Å². The summed E-state index contributed by atoms with van der Waals surface area (Å²) in [6, 6.07) is 2.05. The van der Waals surface area contributed by atoms with Gasteiger partial charge in [-0.15, -0.1) is 0 Å². The SMILES string of the molecule is CCC(C#N)NCC1(O)CCC1. The lowest BCUT2D eigenvalue weighted by molar-refractivity contribution is -0.0322. The first-order valence-corrected chi connectivity index (χ1v) is 4.55. The highest BCUT2D eigenvalue weighted by molar-refractivity contribution is 4.94. The van der Waals surface area contributed by atoms with E-state index in [1.807, 2.05) is 6.92 Å². The molecule has 0 aromatic rings. The van der Waals surface area contributed by atoms with Gasteiger partial charge < -0.3 is 5.11 Å². The molecule has 1 aliphatic carbocycles. The fourth-order valence-electron chi connectivity index (χ4n) is 1.36. The number of hydrogen-bond donors (Lipinski definition) is 2. The van der Waals surface area contributed by atoms with E-state index in [2.05, 4.69) is 11.4 Å². The van der Waals surface area contributed by atoms with Gasteiger partial charge in [0, 0.05) is 6.54 Å². The quantitative estimate of drug-likeness (QED) is 0.652. The van der Waals surface area contributed by atoms with E-state index in [4.69, 9.17) is 5.26 Å². The minimum absolute atomic E-state index is 0.102. The Bertz CT molecular complexity index is 181. The van der Waals surface area contributed by atoms with Crippen LogP contribution in [0.5, 0.6) is 0 Å². The summed E-state index contributed by atoms with van der Waals surface area (Å²) in [5, 5.41) is 21.3. The smallest absolute Gasteiger partial charge is 0.0951 e. The molecule has 0 aromatic heterocycles. The minimum atomic E-state index is -0.510. The summed E-state index contributed by atoms with van der Waals surface area (Å²) in [6.07, 6.45) is 3.66. The van der Waals surface area contributed by atoms with Crippen molar-refractivity contribution in [1.29, 1.82) is 5.26 Å². The maximum Gasteiger partial charge on any atom is 0.0951 e. The summed E-state index contributed by atoms with van der Waals surface area (Å²) in [5.74, 6) is 0. The Kier molecular flexibility index (Phi) is 3.07. The van der Waals surface area contributed by atoms with Gasteiger partial charge in [-0.1, -0.05) is 6.92 Å². The highest BCUT2D eigenvalue weighted by Crippen LogP contribution is 2.30. The molecule has 12 heavy (non-hydrogen) atoms. The van der Waals surface area contributed by atoms with Crippen molar-refractivity contribution in [2.45, 2.75) is 44.2 Å². The number of rotatable bonds is 4. The predicted molar refractivity (Wildman–Crippen MR) is 46.5 cm³/mol. The Hall–Kier alpha value is -0.590. The molecule has 1 rings (SSSR count). The molecule has 0 amide bonds. The summed E-state index contributed by atoms with van der Waals surface area (Å²) >= 11 is 0. The summed E-state index contributed by atoms with van der Waals surface area (Å²) in [7, 11) is 0. The first kappa shape index (κ1) is 9.50. The zero-order valence-corrected chi connectivity index (χ0v) is 7.51. The second-order valence-corrected chi connectivity index (χ2v) is 3.55. The van der Waals surface area contributed by atoms with E-state index in [0.29, 0.717) is 6.54 Å². The highest BCUT2D eigenvalue weighted by Gasteiger charge is 2.34. The van der Waals surface area contributed by atoms with Crippen molar-refractivity contribution in [2.24, 2.45) is 0 Å². The molecule has 0 saturated heterocycles. The van der Waals surface area contributed by atoms with Crippen molar-refractivity contribution in [3.8, 4) is 6.07 Å². The zero-order chi connectivity index (χ0) is 9.03. The molecule has 3 heteroatoms. The van der Waals surface area contributed by atoms with Gasteiger partial charge in [-0.05, 0) is 25.7 Å². The molecule has 1 unspecified atom stereocenters. The van der Waals surface area contributed by atoms with Crippen LogP contribution < -0.4 is 5.32 Å². The maximum atomic E-state index is 9.68. The molecule has 1 aliphatic rings. The number of nitriles is 1. The number of hydrogen-bond acceptors (Lipinski definition) is 3. The molecule has 0 radical (unpaired) electrons. The van der Waals surface area contributed by atoms with Gasteiger partial charge in [0.1, 0.15) is 0 Å². The van der Waals surface area contributed by atoms with Crippen molar-refractivity contribution in [2.75, 3.05) is 6.54 Å². The zero-order valence-electron chi connectivity index (χ0n) is 7.51. The van der Waals surface area contributed by atoms with Crippen LogP contribution in [0, 0.1) is 11.3 Å². The van der Waals surface area contributed by atoms with E-state index in [1.165, 1.54) is 0 Å². The van der Waals surface area contributed by atoms with Crippen LogP contribution in [0.1, 0.15) is 32.6 Å². The van der Waals surface area contributed by atoms with Gasteiger partial charge in [-0.2, -0.15) is 5.26 Å². The second kappa shape index (κ2) is 3.88. The fraction of sp³-hybridized carbons (Fsp3) is 0.889. The average molecular weight is 168 g/mol. The van der Waals surface area contributed by atoms with Crippen molar-refractivity contribution in [1.82, 2.24) is 5.32 Å². The number of aliphatic hydroxyl groups is 1. The Morgan fingerprint density at radius 1 is 1.67 bits per heavy atom. The normalized spacial score (nSPS) is 22.4. The minimum Gasteiger partial charge on any atom is -0.389 e. The van der Waals surface area contributed by atoms with Crippen LogP contribution in [0.2, 0.25) is 0 Å². The van der Waals surface area contributed by atoms with Gasteiger partial charge in [0.25, 0.3) is 0 Å². The third-order valence-electron chi connectivity index (χ3n) is 2.53. The molecule has 1 fully saturated rings. The first-order chi connectivity index (χ1) is 5.70. The molecule has 1 atom stereocenters. The van der Waals surface area contributed by atoms with Crippen LogP contribution in [0.15, 0.2) is 0 Å². The first-order valence-electron chi connectivity index (χ1n) is 4.55. The number of nitrogens with zero attached hydrogens (tertiary/aromatic N) is 1. The van der Waals surface area contributed by atoms with E-state index in [-0.39, 0.29) is 6.04 Å². The molecule has 0 spiro atoms. The van der Waals surface area contributed by atoms with Crippen LogP contribution in [0.4, 0.5) is 0 Å². The Morgan fingerprint density at radius 3 is 2.67 bits per heavy atom. The van der Waals surface area contributed by atoms with Crippen LogP contribution in [0.25, 0.3) is 0 Å². The monoisotopic (exact) mass is 168 g/mol. The lowest BCUT2D eigenvalue weighted by Gasteiger charge is -2.37. The van der Waals surface area contributed by atoms with Gasteiger partial charge >= 0.3 is 0 Å². The molecule has 0 heterocycles. The molecule has 0 aliphatic heterocycles. The standard InChI is InChI=1S/C9H16N2O/c1-2-8(6-10)11-7-9(12)4-3-5-9/h8,11-12H,2-5,7H2,1H3. The highest BCUT2D eigenvalue weighted by atomic mass is 16.3. The van der Waals surface area contributed by atoms with Crippen LogP contribution in [-0.2, 0) is 0 Å². The third-order valence-corrected chi connectivity index (χ3v) is 2.53. The Labute approximate surface area is 73.4 Å². The fourth-order valence-corrected chi connectivity index (χ4v) is 1.36. The van der Waals surface area contributed by atoms with Crippen molar-refractivity contribution in [3.05, 3.63) is 0 Å². The van der Waals surface area contributed by atoms with E-state index in [0.717, 1.165) is 25.7 Å². The van der Waals surface area contributed by atoms with Gasteiger partial charge in [0.2, 0.25) is 0 Å². The largest absolute Gasteiger partial charge is 0.389 e.